The molecule has 7 nitrogen and oxygen atoms in total. The second-order valence-electron chi connectivity index (χ2n) is 9.14. The van der Waals surface area contributed by atoms with E-state index in [2.05, 4.69) is 12.2 Å². The Morgan fingerprint density at radius 2 is 2.07 bits per heavy atom. The fraction of sp³-hybridized carbons (Fsp3) is 0.864. The fourth-order valence-electron chi connectivity index (χ4n) is 5.78. The number of aliphatic hydroxyl groups is 1. The van der Waals surface area contributed by atoms with Crippen LogP contribution in [0.15, 0.2) is 0 Å². The van der Waals surface area contributed by atoms with Crippen molar-refractivity contribution in [1.82, 2.24) is 10.2 Å². The van der Waals surface area contributed by atoms with E-state index >= 15 is 0 Å². The number of nitrogens with zero attached hydrogens (tertiary/aromatic N) is 1. The van der Waals surface area contributed by atoms with E-state index in [1.54, 1.807) is 23.6 Å². The summed E-state index contributed by atoms with van der Waals surface area (Å²) in [5.74, 6) is -1.58. The van der Waals surface area contributed by atoms with Crippen LogP contribution in [0.25, 0.3) is 0 Å². The van der Waals surface area contributed by atoms with E-state index in [1.807, 2.05) is 13.8 Å². The Bertz CT molecular complexity index is 688. The molecule has 0 aromatic carbocycles. The maximum Gasteiger partial charge on any atom is 0.311 e. The zero-order valence-electron chi connectivity index (χ0n) is 18.6. The van der Waals surface area contributed by atoms with E-state index in [1.165, 1.54) is 0 Å². The summed E-state index contributed by atoms with van der Waals surface area (Å²) in [6.45, 7) is 8.65. The zero-order chi connectivity index (χ0) is 22.1. The zero-order valence-corrected chi connectivity index (χ0v) is 19.4. The van der Waals surface area contributed by atoms with Gasteiger partial charge in [-0.05, 0) is 52.9 Å². The third kappa shape index (κ3) is 3.74. The minimum Gasteiger partial charge on any atom is -0.466 e. The topological polar surface area (TPSA) is 95.9 Å². The largest absolute Gasteiger partial charge is 0.466 e. The number of carbonyl (C=O) groups is 3. The van der Waals surface area contributed by atoms with Gasteiger partial charge >= 0.3 is 5.97 Å². The van der Waals surface area contributed by atoms with Crippen molar-refractivity contribution < 1.29 is 24.2 Å². The minimum atomic E-state index is -0.585. The highest BCUT2D eigenvalue weighted by Gasteiger charge is 2.77. The van der Waals surface area contributed by atoms with Crippen LogP contribution in [0.4, 0.5) is 0 Å². The first kappa shape index (κ1) is 23.4. The Hall–Kier alpha value is -1.28. The quantitative estimate of drug-likeness (QED) is 0.399. The number of ether oxygens (including phenoxy) is 1. The maximum absolute atomic E-state index is 13.6. The number of carbonyl (C=O) groups excluding carboxylic acids is 3. The Kier molecular flexibility index (Phi) is 7.07. The Labute approximate surface area is 183 Å². The summed E-state index contributed by atoms with van der Waals surface area (Å²) < 4.78 is 4.40. The van der Waals surface area contributed by atoms with Crippen molar-refractivity contribution in [3.8, 4) is 0 Å². The van der Waals surface area contributed by atoms with Gasteiger partial charge in [0.05, 0.1) is 23.2 Å². The number of hydrogen-bond donors (Lipinski definition) is 2. The summed E-state index contributed by atoms with van der Waals surface area (Å²) >= 11 is 1.66. The van der Waals surface area contributed by atoms with E-state index in [0.717, 1.165) is 25.7 Å². The highest BCUT2D eigenvalue weighted by atomic mass is 32.2. The first-order valence-corrected chi connectivity index (χ1v) is 12.2. The third-order valence-electron chi connectivity index (χ3n) is 6.98. The number of hydrogen-bond acceptors (Lipinski definition) is 6. The SMILES string of the molecule is CCCC(C)NC(=O)C1N(CCCCO)C(=O)[C@@H]2[C@H](C(=O)OCC)[C@]3(C)CCC12S3. The number of fused-ring (bicyclic) bond motifs is 1. The van der Waals surface area contributed by atoms with Gasteiger partial charge in [0.25, 0.3) is 0 Å². The standard InChI is InChI=1S/C22H36N2O5S/c1-5-9-14(3)23-18(26)17-22-11-10-21(4,30-22)16(20(28)29-6-2)15(22)19(27)24(17)12-7-8-13-25/h14-17,25H,5-13H2,1-4H3,(H,23,26)/t14?,15-,16+,17?,21-,22?/m0/s1. The lowest BCUT2D eigenvalue weighted by Gasteiger charge is -2.35. The van der Waals surface area contributed by atoms with Crippen molar-refractivity contribution in [2.75, 3.05) is 19.8 Å². The number of thioether (sulfide) groups is 1. The summed E-state index contributed by atoms with van der Waals surface area (Å²) in [6.07, 6.45) is 4.60. The van der Waals surface area contributed by atoms with Gasteiger partial charge in [0, 0.05) is 23.9 Å². The number of rotatable bonds is 10. The molecule has 0 saturated carbocycles. The van der Waals surface area contributed by atoms with E-state index in [4.69, 9.17) is 4.74 Å². The average molecular weight is 441 g/mol. The molecule has 1 spiro atoms. The molecule has 3 aliphatic rings. The van der Waals surface area contributed by atoms with Gasteiger partial charge < -0.3 is 20.1 Å². The van der Waals surface area contributed by atoms with Crippen molar-refractivity contribution >= 4 is 29.5 Å². The molecule has 170 valence electrons. The summed E-state index contributed by atoms with van der Waals surface area (Å²) in [4.78, 5) is 41.7. The van der Waals surface area contributed by atoms with Crippen molar-refractivity contribution in [2.24, 2.45) is 11.8 Å². The normalized spacial score (nSPS) is 35.4. The van der Waals surface area contributed by atoms with Crippen LogP contribution in [-0.2, 0) is 19.1 Å². The van der Waals surface area contributed by atoms with Crippen LogP contribution in [0, 0.1) is 11.8 Å². The molecule has 2 N–H and O–H groups in total. The summed E-state index contributed by atoms with van der Waals surface area (Å²) in [6, 6.07) is -0.549. The van der Waals surface area contributed by atoms with Crippen molar-refractivity contribution in [3.63, 3.8) is 0 Å². The molecule has 0 aromatic rings. The van der Waals surface area contributed by atoms with E-state index in [-0.39, 0.29) is 41.8 Å². The summed E-state index contributed by atoms with van der Waals surface area (Å²) in [5.41, 5.74) is 0. The number of esters is 1. The maximum atomic E-state index is 13.6. The predicted octanol–water partition coefficient (Wildman–Crippen LogP) is 2.11. The van der Waals surface area contributed by atoms with Crippen LogP contribution in [-0.4, -0.2) is 69.1 Å². The van der Waals surface area contributed by atoms with Crippen LogP contribution in [0.5, 0.6) is 0 Å². The van der Waals surface area contributed by atoms with Gasteiger partial charge in [0.2, 0.25) is 11.8 Å². The van der Waals surface area contributed by atoms with Crippen LogP contribution in [0.2, 0.25) is 0 Å². The fourth-order valence-corrected chi connectivity index (χ4v) is 8.12. The molecule has 3 aliphatic heterocycles. The highest BCUT2D eigenvalue weighted by molar-refractivity contribution is 8.02. The van der Waals surface area contributed by atoms with Crippen molar-refractivity contribution in [2.45, 2.75) is 87.8 Å². The molecule has 6 atom stereocenters. The monoisotopic (exact) mass is 440 g/mol. The molecule has 3 saturated heterocycles. The molecule has 30 heavy (non-hydrogen) atoms. The molecule has 2 bridgehead atoms. The number of nitrogens with one attached hydrogen (secondary N) is 1. The summed E-state index contributed by atoms with van der Waals surface area (Å²) in [5, 5.41) is 12.3. The minimum absolute atomic E-state index is 0.0346. The Morgan fingerprint density at radius 3 is 2.70 bits per heavy atom. The van der Waals surface area contributed by atoms with Crippen LogP contribution in [0.1, 0.15) is 66.2 Å². The van der Waals surface area contributed by atoms with Gasteiger partial charge in [-0.2, -0.15) is 0 Å². The smallest absolute Gasteiger partial charge is 0.311 e. The second kappa shape index (κ2) is 9.07. The van der Waals surface area contributed by atoms with Gasteiger partial charge in [-0.3, -0.25) is 14.4 Å². The number of amides is 2. The molecular weight excluding hydrogens is 404 g/mol. The van der Waals surface area contributed by atoms with Crippen LogP contribution >= 0.6 is 11.8 Å². The average Bonchev–Trinajstić information content (AvgIpc) is 3.23. The van der Waals surface area contributed by atoms with E-state index in [0.29, 0.717) is 19.4 Å². The number of aliphatic hydroxyl groups excluding tert-OH is 1. The third-order valence-corrected chi connectivity index (χ3v) is 8.97. The molecule has 3 unspecified atom stereocenters. The lowest BCUT2D eigenvalue weighted by Crippen LogP contribution is -2.55. The van der Waals surface area contributed by atoms with Crippen LogP contribution < -0.4 is 5.32 Å². The van der Waals surface area contributed by atoms with Crippen molar-refractivity contribution in [3.05, 3.63) is 0 Å². The van der Waals surface area contributed by atoms with Gasteiger partial charge in [-0.15, -0.1) is 11.8 Å². The molecule has 3 fully saturated rings. The number of likely N-dealkylation sites (tertiary alicyclic amines) is 1. The second-order valence-corrected chi connectivity index (χ2v) is 11.0. The molecule has 8 heteroatoms. The molecule has 2 amide bonds. The van der Waals surface area contributed by atoms with E-state index < -0.39 is 22.6 Å². The van der Waals surface area contributed by atoms with Gasteiger partial charge in [-0.1, -0.05) is 13.3 Å². The lowest BCUT2D eigenvalue weighted by molar-refractivity contribution is -0.155. The van der Waals surface area contributed by atoms with Crippen LogP contribution in [0.3, 0.4) is 0 Å². The first-order chi connectivity index (χ1) is 14.3. The Morgan fingerprint density at radius 1 is 1.33 bits per heavy atom. The molecule has 0 aliphatic carbocycles. The first-order valence-electron chi connectivity index (χ1n) is 11.3. The van der Waals surface area contributed by atoms with E-state index in [9.17, 15) is 19.5 Å². The molecule has 0 radical (unpaired) electrons. The molecule has 3 heterocycles. The van der Waals surface area contributed by atoms with Crippen molar-refractivity contribution in [1.29, 1.82) is 0 Å². The molecule has 0 aromatic heterocycles. The number of unbranched alkanes of at least 4 members (excludes halogenated alkanes) is 1. The van der Waals surface area contributed by atoms with Gasteiger partial charge in [0.15, 0.2) is 0 Å². The summed E-state index contributed by atoms with van der Waals surface area (Å²) in [7, 11) is 0. The Balaban J connectivity index is 1.95. The molecular formula is C22H36N2O5S. The highest BCUT2D eigenvalue weighted by Crippen LogP contribution is 2.71. The van der Waals surface area contributed by atoms with Gasteiger partial charge in [0.1, 0.15) is 6.04 Å². The lowest BCUT2D eigenvalue weighted by atomic mass is 9.66. The molecule has 3 rings (SSSR count). The van der Waals surface area contributed by atoms with Gasteiger partial charge in [-0.25, -0.2) is 0 Å². The predicted molar refractivity (Wildman–Crippen MR) is 116 cm³/mol.